The number of halogens is 2. The van der Waals surface area contributed by atoms with Crippen LogP contribution in [0, 0.1) is 11.6 Å². The predicted molar refractivity (Wildman–Crippen MR) is 131 cm³/mol. The van der Waals surface area contributed by atoms with Crippen LogP contribution in [0.4, 0.5) is 8.78 Å². The highest BCUT2D eigenvalue weighted by Crippen LogP contribution is 2.38. The van der Waals surface area contributed by atoms with E-state index in [-0.39, 0.29) is 50.5 Å². The van der Waals surface area contributed by atoms with Crippen LogP contribution in [-0.2, 0) is 19.1 Å². The Labute approximate surface area is 208 Å². The minimum atomic E-state index is -1.30. The fourth-order valence-electron chi connectivity index (χ4n) is 4.02. The summed E-state index contributed by atoms with van der Waals surface area (Å²) in [5, 5.41) is 0. The van der Waals surface area contributed by atoms with Crippen LogP contribution in [0.15, 0.2) is 58.9 Å². The van der Waals surface area contributed by atoms with Crippen LogP contribution in [0.3, 0.4) is 0 Å². The Balaban J connectivity index is 2.15. The molecule has 1 aromatic heterocycles. The molecule has 2 aromatic carbocycles. The molecule has 7 nitrogen and oxygen atoms in total. The van der Waals surface area contributed by atoms with Crippen LogP contribution in [0.25, 0.3) is 17.5 Å². The molecule has 2 N–H and O–H groups in total. The Morgan fingerprint density at radius 3 is 2.17 bits per heavy atom. The summed E-state index contributed by atoms with van der Waals surface area (Å²) in [5.41, 5.74) is 5.39. The van der Waals surface area contributed by atoms with Crippen LogP contribution in [0.1, 0.15) is 30.9 Å². The van der Waals surface area contributed by atoms with Gasteiger partial charge in [0.25, 0.3) is 5.56 Å². The Bertz CT molecular complexity index is 1570. The number of nitrogens with two attached hydrogens (primary N) is 1. The molecule has 0 saturated carbocycles. The molecule has 0 amide bonds. The summed E-state index contributed by atoms with van der Waals surface area (Å²) in [4.78, 5) is 39.7. The van der Waals surface area contributed by atoms with Crippen molar-refractivity contribution in [1.82, 2.24) is 4.57 Å². The van der Waals surface area contributed by atoms with Crippen molar-refractivity contribution >= 4 is 40.7 Å². The van der Waals surface area contributed by atoms with Gasteiger partial charge in [-0.05, 0) is 32.1 Å². The summed E-state index contributed by atoms with van der Waals surface area (Å²) in [6, 6.07) is 11.5. The zero-order valence-electron chi connectivity index (χ0n) is 19.4. The molecule has 1 aliphatic heterocycles. The summed E-state index contributed by atoms with van der Waals surface area (Å²) in [7, 11) is 0. The van der Waals surface area contributed by atoms with Gasteiger partial charge in [-0.25, -0.2) is 18.4 Å². The number of benzene rings is 2. The summed E-state index contributed by atoms with van der Waals surface area (Å²) in [5.74, 6) is -4.61. The minimum absolute atomic E-state index is 0.00984. The van der Waals surface area contributed by atoms with Gasteiger partial charge in [-0.15, -0.1) is 11.3 Å². The first-order valence-electron chi connectivity index (χ1n) is 11.1. The second-order valence-corrected chi connectivity index (χ2v) is 8.72. The molecule has 0 aliphatic carbocycles. The van der Waals surface area contributed by atoms with Gasteiger partial charge in [0.15, 0.2) is 0 Å². The summed E-state index contributed by atoms with van der Waals surface area (Å²) in [6.07, 6.45) is 1.33. The maximum Gasteiger partial charge on any atom is 0.338 e. The van der Waals surface area contributed by atoms with Gasteiger partial charge in [0.1, 0.15) is 22.1 Å². The van der Waals surface area contributed by atoms with Crippen molar-refractivity contribution in [2.45, 2.75) is 19.8 Å². The van der Waals surface area contributed by atoms with Crippen molar-refractivity contribution in [2.75, 3.05) is 13.2 Å². The maximum atomic E-state index is 15.0. The fourth-order valence-corrected chi connectivity index (χ4v) is 5.17. The molecule has 0 unspecified atom stereocenters. The topological polar surface area (TPSA) is 101 Å². The average molecular weight is 513 g/mol. The number of fused-ring (bicyclic) bond motifs is 1. The van der Waals surface area contributed by atoms with E-state index in [1.165, 1.54) is 42.5 Å². The zero-order valence-corrected chi connectivity index (χ0v) is 20.2. The lowest BCUT2D eigenvalue weighted by Gasteiger charge is -2.27. The van der Waals surface area contributed by atoms with Gasteiger partial charge in [0.05, 0.1) is 34.8 Å². The number of nitrogens with zero attached hydrogens (tertiary/aromatic N) is 1. The Kier molecular flexibility index (Phi) is 7.16. The number of carbonyl (C=O) groups excluding carboxylic acids is 2. The zero-order chi connectivity index (χ0) is 26.0. The third-order valence-corrected chi connectivity index (χ3v) is 6.66. The van der Waals surface area contributed by atoms with Crippen molar-refractivity contribution in [3.05, 3.63) is 96.4 Å². The smallest absolute Gasteiger partial charge is 0.338 e. The summed E-state index contributed by atoms with van der Waals surface area (Å²) >= 11 is 0.865. The SMILES string of the molecule is CCOC(=O)C1=C(N)n2c(s/c(=C/c3ccccc3F)c2=O)=C(C(=O)OCC)[C@@H]1c1ccccc1F. The van der Waals surface area contributed by atoms with E-state index in [2.05, 4.69) is 0 Å². The molecule has 0 radical (unpaired) electrons. The molecule has 10 heteroatoms. The number of thiazole rings is 1. The minimum Gasteiger partial charge on any atom is -0.463 e. The normalized spacial score (nSPS) is 15.6. The van der Waals surface area contributed by atoms with Crippen molar-refractivity contribution in [2.24, 2.45) is 5.73 Å². The maximum absolute atomic E-state index is 15.0. The summed E-state index contributed by atoms with van der Waals surface area (Å²) < 4.78 is 40.9. The van der Waals surface area contributed by atoms with Gasteiger partial charge in [-0.3, -0.25) is 9.36 Å². The van der Waals surface area contributed by atoms with Gasteiger partial charge < -0.3 is 15.2 Å². The molecule has 4 rings (SSSR count). The Hall–Kier alpha value is -4.05. The van der Waals surface area contributed by atoms with Crippen molar-refractivity contribution in [3.63, 3.8) is 0 Å². The molecular weight excluding hydrogens is 490 g/mol. The highest BCUT2D eigenvalue weighted by molar-refractivity contribution is 7.07. The second kappa shape index (κ2) is 10.3. The van der Waals surface area contributed by atoms with Crippen molar-refractivity contribution < 1.29 is 27.8 Å². The Morgan fingerprint density at radius 2 is 1.56 bits per heavy atom. The quantitative estimate of drug-likeness (QED) is 0.509. The van der Waals surface area contributed by atoms with E-state index in [9.17, 15) is 18.8 Å². The molecular formula is C26H22F2N2O5S. The van der Waals surface area contributed by atoms with Crippen LogP contribution in [-0.4, -0.2) is 29.7 Å². The summed E-state index contributed by atoms with van der Waals surface area (Å²) in [6.45, 7) is 3.14. The third kappa shape index (κ3) is 4.35. The van der Waals surface area contributed by atoms with E-state index in [0.717, 1.165) is 15.9 Å². The van der Waals surface area contributed by atoms with Gasteiger partial charge in [-0.2, -0.15) is 0 Å². The molecule has 0 fully saturated rings. The lowest BCUT2D eigenvalue weighted by Crippen LogP contribution is -2.42. The lowest BCUT2D eigenvalue weighted by atomic mass is 9.83. The molecule has 0 saturated heterocycles. The molecule has 3 aromatic rings. The van der Waals surface area contributed by atoms with Gasteiger partial charge in [0.2, 0.25) is 0 Å². The van der Waals surface area contributed by atoms with E-state index < -0.39 is 35.1 Å². The van der Waals surface area contributed by atoms with Crippen LogP contribution in [0.5, 0.6) is 0 Å². The second-order valence-electron chi connectivity index (χ2n) is 7.69. The number of hydrogen-bond acceptors (Lipinski definition) is 7. The van der Waals surface area contributed by atoms with Crippen molar-refractivity contribution in [3.8, 4) is 0 Å². The van der Waals surface area contributed by atoms with Gasteiger partial charge in [0, 0.05) is 11.1 Å². The molecule has 1 aliphatic rings. The molecule has 186 valence electrons. The lowest BCUT2D eigenvalue weighted by molar-refractivity contribution is -0.138. The number of hydrogen-bond donors (Lipinski definition) is 1. The molecule has 36 heavy (non-hydrogen) atoms. The average Bonchev–Trinajstić information content (AvgIpc) is 3.16. The first kappa shape index (κ1) is 25.1. The number of ether oxygens (including phenoxy) is 2. The largest absolute Gasteiger partial charge is 0.463 e. The van der Waals surface area contributed by atoms with E-state index >= 15 is 4.39 Å². The highest BCUT2D eigenvalue weighted by atomic mass is 32.1. The van der Waals surface area contributed by atoms with Crippen LogP contribution < -0.4 is 20.5 Å². The van der Waals surface area contributed by atoms with Crippen LogP contribution in [0.2, 0.25) is 0 Å². The predicted octanol–water partition coefficient (Wildman–Crippen LogP) is 2.22. The van der Waals surface area contributed by atoms with Crippen LogP contribution >= 0.6 is 11.3 Å². The molecule has 0 spiro atoms. The number of rotatable bonds is 6. The monoisotopic (exact) mass is 512 g/mol. The molecule has 1 atom stereocenters. The third-order valence-electron chi connectivity index (χ3n) is 5.55. The fraction of sp³-hybridized carbons (Fsp3) is 0.192. The van der Waals surface area contributed by atoms with E-state index in [1.54, 1.807) is 26.0 Å². The highest BCUT2D eigenvalue weighted by Gasteiger charge is 2.41. The van der Waals surface area contributed by atoms with E-state index in [4.69, 9.17) is 15.2 Å². The molecule has 0 bridgehead atoms. The first-order chi connectivity index (χ1) is 17.3. The standard InChI is InChI=1S/C26H22F2N2O5S/c1-3-34-25(32)20-19(15-10-6-8-12-17(15)28)21(26(33)35-4-2)24-30(22(20)29)23(31)18(36-24)13-14-9-5-7-11-16(14)27/h5-13,19H,3-4,29H2,1-2H3/b18-13+/t19-/m1/s1. The number of aromatic nitrogens is 1. The number of carbonyl (C=O) groups is 2. The van der Waals surface area contributed by atoms with E-state index in [1.807, 2.05) is 0 Å². The van der Waals surface area contributed by atoms with Crippen molar-refractivity contribution in [1.29, 1.82) is 0 Å². The van der Waals surface area contributed by atoms with E-state index in [0.29, 0.717) is 0 Å². The Morgan fingerprint density at radius 1 is 0.972 bits per heavy atom. The van der Waals surface area contributed by atoms with Gasteiger partial charge >= 0.3 is 11.9 Å². The first-order valence-corrected chi connectivity index (χ1v) is 11.9. The number of esters is 2. The molecule has 2 heterocycles. The van der Waals surface area contributed by atoms with Gasteiger partial charge in [-0.1, -0.05) is 36.4 Å².